The highest BCUT2D eigenvalue weighted by Gasteiger charge is 2.24. The molecule has 1 atom stereocenters. The zero-order valence-corrected chi connectivity index (χ0v) is 15.7. The molecule has 1 aliphatic rings. The number of piperidine rings is 1. The molecule has 0 unspecified atom stereocenters. The van der Waals surface area contributed by atoms with Crippen LogP contribution in [0.2, 0.25) is 0 Å². The van der Waals surface area contributed by atoms with Gasteiger partial charge in [0.15, 0.2) is 0 Å². The standard InChI is InChI=1S/C21H23F2N3O2/c1-24-21(28)26-7-3-6-17(13-26)15-4-2-5-16(10-15)20(27)25-12-14-8-18(22)11-19(23)9-14/h2,4-5,8-11,17H,3,6-7,12-13H2,1H3,(H,24,28)(H,25,27)/t17-/m1/s1. The first-order valence-electron chi connectivity index (χ1n) is 9.26. The Labute approximate surface area is 162 Å². The average Bonchev–Trinajstić information content (AvgIpc) is 2.71. The first-order valence-corrected chi connectivity index (χ1v) is 9.26. The van der Waals surface area contributed by atoms with E-state index in [1.807, 2.05) is 18.2 Å². The van der Waals surface area contributed by atoms with Crippen molar-refractivity contribution in [3.63, 3.8) is 0 Å². The van der Waals surface area contributed by atoms with Crippen LogP contribution in [-0.4, -0.2) is 37.0 Å². The zero-order valence-electron chi connectivity index (χ0n) is 15.7. The molecule has 0 radical (unpaired) electrons. The van der Waals surface area contributed by atoms with E-state index < -0.39 is 11.6 Å². The summed E-state index contributed by atoms with van der Waals surface area (Å²) in [5.41, 5.74) is 1.83. The second-order valence-corrected chi connectivity index (χ2v) is 6.93. The van der Waals surface area contributed by atoms with Crippen molar-refractivity contribution < 1.29 is 18.4 Å². The average molecular weight is 387 g/mol. The van der Waals surface area contributed by atoms with Gasteiger partial charge in [-0.05, 0) is 48.2 Å². The molecule has 2 aromatic carbocycles. The number of hydrogen-bond donors (Lipinski definition) is 2. The Morgan fingerprint density at radius 1 is 1.14 bits per heavy atom. The van der Waals surface area contributed by atoms with Crippen molar-refractivity contribution >= 4 is 11.9 Å². The number of urea groups is 1. The Morgan fingerprint density at radius 3 is 2.61 bits per heavy atom. The molecule has 1 heterocycles. The van der Waals surface area contributed by atoms with E-state index in [1.165, 1.54) is 12.1 Å². The van der Waals surface area contributed by atoms with Gasteiger partial charge in [0, 0.05) is 44.2 Å². The maximum atomic E-state index is 13.3. The van der Waals surface area contributed by atoms with Gasteiger partial charge in [0.1, 0.15) is 11.6 Å². The van der Waals surface area contributed by atoms with Crippen LogP contribution in [0.3, 0.4) is 0 Å². The summed E-state index contributed by atoms with van der Waals surface area (Å²) >= 11 is 0. The van der Waals surface area contributed by atoms with E-state index in [0.717, 1.165) is 31.0 Å². The summed E-state index contributed by atoms with van der Waals surface area (Å²) in [7, 11) is 1.61. The third-order valence-corrected chi connectivity index (χ3v) is 4.92. The van der Waals surface area contributed by atoms with Crippen molar-refractivity contribution in [2.75, 3.05) is 20.1 Å². The molecule has 1 saturated heterocycles. The van der Waals surface area contributed by atoms with E-state index in [0.29, 0.717) is 17.7 Å². The summed E-state index contributed by atoms with van der Waals surface area (Å²) in [6.45, 7) is 1.36. The highest BCUT2D eigenvalue weighted by atomic mass is 19.1. The number of hydrogen-bond acceptors (Lipinski definition) is 2. The van der Waals surface area contributed by atoms with Crippen LogP contribution in [0, 0.1) is 11.6 Å². The Morgan fingerprint density at radius 2 is 1.89 bits per heavy atom. The first kappa shape index (κ1) is 19.8. The number of rotatable bonds is 4. The van der Waals surface area contributed by atoms with Gasteiger partial charge >= 0.3 is 6.03 Å². The van der Waals surface area contributed by atoms with Crippen LogP contribution in [0.15, 0.2) is 42.5 Å². The fourth-order valence-corrected chi connectivity index (χ4v) is 3.52. The Hall–Kier alpha value is -2.96. The molecule has 3 amide bonds. The Kier molecular flexibility index (Phi) is 6.23. The lowest BCUT2D eigenvalue weighted by Gasteiger charge is -2.32. The third kappa shape index (κ3) is 4.85. The Bertz CT molecular complexity index is 852. The smallest absolute Gasteiger partial charge is 0.317 e. The van der Waals surface area contributed by atoms with Crippen LogP contribution in [-0.2, 0) is 6.54 Å². The Balaban J connectivity index is 1.66. The summed E-state index contributed by atoms with van der Waals surface area (Å²) in [5.74, 6) is -1.50. The van der Waals surface area contributed by atoms with Gasteiger partial charge in [0.05, 0.1) is 0 Å². The van der Waals surface area contributed by atoms with Crippen molar-refractivity contribution in [1.82, 2.24) is 15.5 Å². The van der Waals surface area contributed by atoms with E-state index in [-0.39, 0.29) is 24.4 Å². The maximum Gasteiger partial charge on any atom is 0.317 e. The number of nitrogens with one attached hydrogen (secondary N) is 2. The predicted molar refractivity (Wildman–Crippen MR) is 102 cm³/mol. The second kappa shape index (κ2) is 8.82. The van der Waals surface area contributed by atoms with Gasteiger partial charge in [-0.3, -0.25) is 4.79 Å². The summed E-state index contributed by atoms with van der Waals surface area (Å²) in [4.78, 5) is 26.1. The molecular weight excluding hydrogens is 364 g/mol. The lowest BCUT2D eigenvalue weighted by atomic mass is 9.89. The van der Waals surface area contributed by atoms with Gasteiger partial charge < -0.3 is 15.5 Å². The van der Waals surface area contributed by atoms with Crippen LogP contribution in [0.5, 0.6) is 0 Å². The van der Waals surface area contributed by atoms with Gasteiger partial charge in [-0.2, -0.15) is 0 Å². The van der Waals surface area contributed by atoms with E-state index in [2.05, 4.69) is 10.6 Å². The minimum absolute atomic E-state index is 0.0334. The molecule has 1 aliphatic heterocycles. The van der Waals surface area contributed by atoms with E-state index >= 15 is 0 Å². The molecule has 0 spiro atoms. The van der Waals surface area contributed by atoms with E-state index in [9.17, 15) is 18.4 Å². The molecule has 2 N–H and O–H groups in total. The molecule has 5 nitrogen and oxygen atoms in total. The maximum absolute atomic E-state index is 13.3. The van der Waals surface area contributed by atoms with Crippen molar-refractivity contribution in [3.8, 4) is 0 Å². The van der Waals surface area contributed by atoms with Crippen LogP contribution < -0.4 is 10.6 Å². The molecule has 1 fully saturated rings. The van der Waals surface area contributed by atoms with Crippen LogP contribution in [0.25, 0.3) is 0 Å². The van der Waals surface area contributed by atoms with Crippen LogP contribution >= 0.6 is 0 Å². The molecule has 7 heteroatoms. The fraction of sp³-hybridized carbons (Fsp3) is 0.333. The molecule has 0 bridgehead atoms. The topological polar surface area (TPSA) is 61.4 Å². The number of halogens is 2. The number of benzene rings is 2. The van der Waals surface area contributed by atoms with Crippen molar-refractivity contribution in [2.45, 2.75) is 25.3 Å². The first-order chi connectivity index (χ1) is 13.5. The third-order valence-electron chi connectivity index (χ3n) is 4.92. The summed E-state index contributed by atoms with van der Waals surface area (Å²) in [6, 6.07) is 10.4. The van der Waals surface area contributed by atoms with Crippen LogP contribution in [0.1, 0.15) is 40.2 Å². The molecule has 3 rings (SSSR count). The monoisotopic (exact) mass is 387 g/mol. The highest BCUT2D eigenvalue weighted by Crippen LogP contribution is 2.27. The number of nitrogens with zero attached hydrogens (tertiary/aromatic N) is 1. The number of amides is 3. The quantitative estimate of drug-likeness (QED) is 0.845. The second-order valence-electron chi connectivity index (χ2n) is 6.93. The summed E-state index contributed by atoms with van der Waals surface area (Å²) in [5, 5.41) is 5.34. The van der Waals surface area contributed by atoms with Crippen LogP contribution in [0.4, 0.5) is 13.6 Å². The molecule has 2 aromatic rings. The van der Waals surface area contributed by atoms with Gasteiger partial charge in [-0.1, -0.05) is 12.1 Å². The molecule has 0 saturated carbocycles. The lowest BCUT2D eigenvalue weighted by Crippen LogP contribution is -2.43. The minimum Gasteiger partial charge on any atom is -0.348 e. The molecule has 0 aromatic heterocycles. The fourth-order valence-electron chi connectivity index (χ4n) is 3.52. The highest BCUT2D eigenvalue weighted by molar-refractivity contribution is 5.94. The molecule has 0 aliphatic carbocycles. The van der Waals surface area contributed by atoms with Crippen molar-refractivity contribution in [2.24, 2.45) is 0 Å². The normalized spacial score (nSPS) is 16.5. The van der Waals surface area contributed by atoms with E-state index in [1.54, 1.807) is 18.0 Å². The van der Waals surface area contributed by atoms with Gasteiger partial charge in [0.2, 0.25) is 0 Å². The van der Waals surface area contributed by atoms with E-state index in [4.69, 9.17) is 0 Å². The molecule has 148 valence electrons. The molecular formula is C21H23F2N3O2. The number of carbonyl (C=O) groups excluding carboxylic acids is 2. The van der Waals surface area contributed by atoms with Gasteiger partial charge in [0.25, 0.3) is 5.91 Å². The van der Waals surface area contributed by atoms with Gasteiger partial charge in [-0.25, -0.2) is 13.6 Å². The minimum atomic E-state index is -0.677. The summed E-state index contributed by atoms with van der Waals surface area (Å²) < 4.78 is 26.5. The largest absolute Gasteiger partial charge is 0.348 e. The summed E-state index contributed by atoms with van der Waals surface area (Å²) in [6.07, 6.45) is 1.85. The predicted octanol–water partition coefficient (Wildman–Crippen LogP) is 3.41. The number of carbonyl (C=O) groups is 2. The van der Waals surface area contributed by atoms with Gasteiger partial charge in [-0.15, -0.1) is 0 Å². The number of likely N-dealkylation sites (tertiary alicyclic amines) is 1. The van der Waals surface area contributed by atoms with Crippen molar-refractivity contribution in [3.05, 3.63) is 70.8 Å². The zero-order chi connectivity index (χ0) is 20.1. The molecule has 28 heavy (non-hydrogen) atoms. The van der Waals surface area contributed by atoms with Crippen molar-refractivity contribution in [1.29, 1.82) is 0 Å². The lowest BCUT2D eigenvalue weighted by molar-refractivity contribution is 0.0950. The SMILES string of the molecule is CNC(=O)N1CCC[C@@H](c2cccc(C(=O)NCc3cc(F)cc(F)c3)c2)C1.